The average Bonchev–Trinajstić information content (AvgIpc) is 2.28. The highest BCUT2D eigenvalue weighted by Crippen LogP contribution is 2.06. The molecule has 0 radical (unpaired) electrons. The zero-order valence-corrected chi connectivity index (χ0v) is 10.6. The molecule has 0 aliphatic heterocycles. The molecule has 1 aromatic heterocycles. The van der Waals surface area contributed by atoms with Crippen molar-refractivity contribution >= 4 is 17.4 Å². The summed E-state index contributed by atoms with van der Waals surface area (Å²) in [7, 11) is 0. The number of anilines is 1. The van der Waals surface area contributed by atoms with Crippen molar-refractivity contribution in [3.05, 3.63) is 28.7 Å². The highest BCUT2D eigenvalue weighted by molar-refractivity contribution is 7.99. The molecule has 0 aromatic carbocycles. The van der Waals surface area contributed by atoms with E-state index in [1.807, 2.05) is 11.8 Å². The van der Waals surface area contributed by atoms with Gasteiger partial charge in [-0.1, -0.05) is 19.8 Å². The maximum Gasteiger partial charge on any atom is 0.250 e. The van der Waals surface area contributed by atoms with Crippen molar-refractivity contribution in [3.63, 3.8) is 0 Å². The lowest BCUT2D eigenvalue weighted by molar-refractivity contribution is 0.734. The second kappa shape index (κ2) is 7.39. The van der Waals surface area contributed by atoms with Crippen LogP contribution in [-0.2, 0) is 6.54 Å². The lowest BCUT2D eigenvalue weighted by atomic mass is 10.3. The molecule has 1 heterocycles. The van der Waals surface area contributed by atoms with Gasteiger partial charge in [0.1, 0.15) is 0 Å². The quantitative estimate of drug-likeness (QED) is 0.744. The Morgan fingerprint density at radius 2 is 2.12 bits per heavy atom. The van der Waals surface area contributed by atoms with Gasteiger partial charge in [0.15, 0.2) is 0 Å². The summed E-state index contributed by atoms with van der Waals surface area (Å²) in [6.07, 6.45) is 5.54. The van der Waals surface area contributed by atoms with Crippen molar-refractivity contribution in [2.24, 2.45) is 0 Å². The molecule has 1 aromatic rings. The van der Waals surface area contributed by atoms with Gasteiger partial charge in [-0.3, -0.25) is 4.79 Å². The van der Waals surface area contributed by atoms with Crippen molar-refractivity contribution < 1.29 is 0 Å². The van der Waals surface area contributed by atoms with Gasteiger partial charge >= 0.3 is 0 Å². The Bertz CT molecular complexity index is 362. The molecule has 0 saturated carbocycles. The predicted molar refractivity (Wildman–Crippen MR) is 72.0 cm³/mol. The van der Waals surface area contributed by atoms with Crippen LogP contribution in [0.15, 0.2) is 23.1 Å². The highest BCUT2D eigenvalue weighted by atomic mass is 32.2. The van der Waals surface area contributed by atoms with Crippen molar-refractivity contribution in [1.82, 2.24) is 4.57 Å². The molecular weight excluding hydrogens is 220 g/mol. The van der Waals surface area contributed by atoms with E-state index in [0.717, 1.165) is 12.3 Å². The van der Waals surface area contributed by atoms with Crippen LogP contribution in [0.4, 0.5) is 5.69 Å². The molecule has 0 unspecified atom stereocenters. The van der Waals surface area contributed by atoms with Crippen LogP contribution in [0.2, 0.25) is 0 Å². The minimum absolute atomic E-state index is 0.0309. The molecule has 16 heavy (non-hydrogen) atoms. The van der Waals surface area contributed by atoms with Gasteiger partial charge < -0.3 is 10.3 Å². The van der Waals surface area contributed by atoms with Gasteiger partial charge in [0, 0.05) is 30.2 Å². The minimum atomic E-state index is 0.0309. The molecule has 1 rings (SSSR count). The third-order valence-corrected chi connectivity index (χ3v) is 3.42. The number of nitrogens with two attached hydrogens (primary N) is 1. The molecule has 0 fully saturated rings. The molecule has 3 nitrogen and oxygen atoms in total. The average molecular weight is 240 g/mol. The van der Waals surface area contributed by atoms with Gasteiger partial charge in [0.2, 0.25) is 0 Å². The number of hydrogen-bond donors (Lipinski definition) is 1. The number of nitrogen functional groups attached to an aromatic ring is 1. The monoisotopic (exact) mass is 240 g/mol. The molecule has 4 heteroatoms. The van der Waals surface area contributed by atoms with Crippen molar-refractivity contribution in [1.29, 1.82) is 0 Å². The second-order valence-corrected chi connectivity index (χ2v) is 5.04. The fraction of sp³-hybridized carbons (Fsp3) is 0.583. The Labute approximate surface area is 101 Å². The van der Waals surface area contributed by atoms with E-state index in [0.29, 0.717) is 5.69 Å². The highest BCUT2D eigenvalue weighted by Gasteiger charge is 1.96. The molecule has 2 N–H and O–H groups in total. The smallest absolute Gasteiger partial charge is 0.250 e. The standard InChI is InChI=1S/C12H20N2OS/c1-2-3-4-8-16-9-7-14-10-11(13)5-6-12(14)15/h5-6,10H,2-4,7-9,13H2,1H3. The van der Waals surface area contributed by atoms with Crippen molar-refractivity contribution in [2.45, 2.75) is 32.7 Å². The Balaban J connectivity index is 2.26. The topological polar surface area (TPSA) is 48.0 Å². The Hall–Kier alpha value is -0.900. The molecule has 0 bridgehead atoms. The fourth-order valence-corrected chi connectivity index (χ4v) is 2.38. The minimum Gasteiger partial charge on any atom is -0.398 e. The van der Waals surface area contributed by atoms with E-state index in [2.05, 4.69) is 6.92 Å². The summed E-state index contributed by atoms with van der Waals surface area (Å²) >= 11 is 1.90. The normalized spacial score (nSPS) is 10.6. The first kappa shape index (κ1) is 13.2. The van der Waals surface area contributed by atoms with E-state index >= 15 is 0 Å². The molecule has 0 aliphatic rings. The van der Waals surface area contributed by atoms with Crippen LogP contribution in [0.25, 0.3) is 0 Å². The first-order valence-corrected chi connectivity index (χ1v) is 6.93. The summed E-state index contributed by atoms with van der Waals surface area (Å²) in [4.78, 5) is 11.4. The van der Waals surface area contributed by atoms with E-state index in [4.69, 9.17) is 5.73 Å². The van der Waals surface area contributed by atoms with Crippen LogP contribution in [0.5, 0.6) is 0 Å². The van der Waals surface area contributed by atoms with Gasteiger partial charge in [-0.15, -0.1) is 0 Å². The zero-order chi connectivity index (χ0) is 11.8. The van der Waals surface area contributed by atoms with Crippen LogP contribution >= 0.6 is 11.8 Å². The number of rotatable bonds is 7. The number of thioether (sulfide) groups is 1. The number of pyridine rings is 1. The summed E-state index contributed by atoms with van der Waals surface area (Å²) in [6, 6.07) is 3.17. The third-order valence-electron chi connectivity index (χ3n) is 2.38. The summed E-state index contributed by atoms with van der Waals surface area (Å²) in [6.45, 7) is 2.96. The SMILES string of the molecule is CCCCCSCCn1cc(N)ccc1=O. The number of aryl methyl sites for hydroxylation is 1. The van der Waals surface area contributed by atoms with Gasteiger partial charge in [0.25, 0.3) is 5.56 Å². The molecule has 0 saturated heterocycles. The van der Waals surface area contributed by atoms with Crippen LogP contribution in [-0.4, -0.2) is 16.1 Å². The van der Waals surface area contributed by atoms with E-state index < -0.39 is 0 Å². The van der Waals surface area contributed by atoms with Crippen LogP contribution in [0, 0.1) is 0 Å². The van der Waals surface area contributed by atoms with Gasteiger partial charge in [-0.2, -0.15) is 11.8 Å². The van der Waals surface area contributed by atoms with Crippen LogP contribution in [0.3, 0.4) is 0 Å². The van der Waals surface area contributed by atoms with Gasteiger partial charge in [0.05, 0.1) is 0 Å². The Morgan fingerprint density at radius 1 is 1.31 bits per heavy atom. The van der Waals surface area contributed by atoms with Crippen molar-refractivity contribution in [2.75, 3.05) is 17.2 Å². The number of unbranched alkanes of at least 4 members (excludes halogenated alkanes) is 2. The molecular formula is C12H20N2OS. The summed E-state index contributed by atoms with van der Waals surface area (Å²) in [5.41, 5.74) is 6.31. The maximum absolute atomic E-state index is 11.4. The first-order valence-electron chi connectivity index (χ1n) is 5.77. The summed E-state index contributed by atoms with van der Waals surface area (Å²) in [5, 5.41) is 0. The van der Waals surface area contributed by atoms with Gasteiger partial charge in [-0.25, -0.2) is 0 Å². The van der Waals surface area contributed by atoms with Gasteiger partial charge in [-0.05, 0) is 18.2 Å². The molecule has 0 spiro atoms. The predicted octanol–water partition coefficient (Wildman–Crippen LogP) is 2.35. The Morgan fingerprint density at radius 3 is 2.88 bits per heavy atom. The molecule has 0 aliphatic carbocycles. The van der Waals surface area contributed by atoms with E-state index in [1.165, 1.54) is 31.1 Å². The maximum atomic E-state index is 11.4. The van der Waals surface area contributed by atoms with E-state index in [1.54, 1.807) is 16.8 Å². The third kappa shape index (κ3) is 4.75. The fourth-order valence-electron chi connectivity index (χ4n) is 1.44. The molecule has 90 valence electrons. The summed E-state index contributed by atoms with van der Waals surface area (Å²) in [5.74, 6) is 2.16. The molecule has 0 atom stereocenters. The van der Waals surface area contributed by atoms with E-state index in [9.17, 15) is 4.79 Å². The lowest BCUT2D eigenvalue weighted by Crippen LogP contribution is -2.20. The van der Waals surface area contributed by atoms with Crippen molar-refractivity contribution in [3.8, 4) is 0 Å². The number of hydrogen-bond acceptors (Lipinski definition) is 3. The summed E-state index contributed by atoms with van der Waals surface area (Å²) < 4.78 is 1.68. The Kier molecular flexibility index (Phi) is 6.08. The zero-order valence-electron chi connectivity index (χ0n) is 9.82. The number of aromatic nitrogens is 1. The van der Waals surface area contributed by atoms with Crippen LogP contribution in [0.1, 0.15) is 26.2 Å². The molecule has 0 amide bonds. The second-order valence-electron chi connectivity index (χ2n) is 3.81. The lowest BCUT2D eigenvalue weighted by Gasteiger charge is -2.05. The first-order chi connectivity index (χ1) is 7.74. The van der Waals surface area contributed by atoms with E-state index in [-0.39, 0.29) is 5.56 Å². The van der Waals surface area contributed by atoms with Crippen LogP contribution < -0.4 is 11.3 Å². The number of nitrogens with zero attached hydrogens (tertiary/aromatic N) is 1. The largest absolute Gasteiger partial charge is 0.398 e.